The molecule has 0 bridgehead atoms. The lowest BCUT2D eigenvalue weighted by Crippen LogP contribution is -2.22. The van der Waals surface area contributed by atoms with E-state index in [0.717, 1.165) is 87.5 Å². The fraction of sp³-hybridized carbons (Fsp3) is 0.0833. The average Bonchev–Trinajstić information content (AvgIpc) is 0.964. The second-order valence-electron chi connectivity index (χ2n) is 22.8. The zero-order valence-corrected chi connectivity index (χ0v) is 52.0. The average molecular weight is 1220 g/mol. The Labute approximate surface area is 544 Å². The Hall–Kier alpha value is -11.8. The molecule has 0 aliphatic carbocycles. The van der Waals surface area contributed by atoms with Crippen LogP contribution in [0.25, 0.3) is 43.1 Å². The van der Waals surface area contributed by atoms with Gasteiger partial charge in [-0.3, -0.25) is 4.79 Å². The van der Waals surface area contributed by atoms with E-state index in [9.17, 15) is 15.0 Å². The number of hydrogen-bond donors (Lipinski definition) is 4. The zero-order chi connectivity index (χ0) is 64.1. The third-order valence-electron chi connectivity index (χ3n) is 16.2. The number of nitrogens with two attached hydrogens (primary N) is 2. The first-order valence-corrected chi connectivity index (χ1v) is 31.1. The van der Waals surface area contributed by atoms with Gasteiger partial charge in [0.25, 0.3) is 0 Å². The Bertz CT molecular complexity index is 4630. The minimum absolute atomic E-state index is 0.250. The molecule has 14 aromatic carbocycles. The summed E-state index contributed by atoms with van der Waals surface area (Å²) in [7, 11) is 0. The number of fused-ring (bicyclic) bond motifs is 4. The van der Waals surface area contributed by atoms with Crippen molar-refractivity contribution in [1.82, 2.24) is 0 Å². The number of aryl methyl sites for hydroxylation is 1. The molecule has 0 radical (unpaired) electrons. The van der Waals surface area contributed by atoms with Crippen LogP contribution in [0.2, 0.25) is 0 Å². The van der Waals surface area contributed by atoms with Crippen molar-refractivity contribution in [3.63, 3.8) is 0 Å². The molecule has 0 fully saturated rings. The highest BCUT2D eigenvalue weighted by Crippen LogP contribution is 2.36. The highest BCUT2D eigenvalue weighted by Gasteiger charge is 2.17. The lowest BCUT2D eigenvalue weighted by molar-refractivity contribution is 0.112. The van der Waals surface area contributed by atoms with Gasteiger partial charge in [0.2, 0.25) is 0 Å². The second-order valence-corrected chi connectivity index (χ2v) is 22.8. The zero-order valence-electron chi connectivity index (χ0n) is 52.0. The van der Waals surface area contributed by atoms with Gasteiger partial charge in [0.15, 0.2) is 6.29 Å². The summed E-state index contributed by atoms with van der Waals surface area (Å²) < 4.78 is 12.3. The third kappa shape index (κ3) is 16.9. The number of aldehydes is 1. The molecule has 0 saturated heterocycles. The van der Waals surface area contributed by atoms with Crippen LogP contribution in [0.15, 0.2) is 315 Å². The Morgan fingerprint density at radius 2 is 0.731 bits per heavy atom. The Balaban J connectivity index is 0.000000139. The van der Waals surface area contributed by atoms with Gasteiger partial charge in [-0.25, -0.2) is 0 Å². The van der Waals surface area contributed by atoms with E-state index in [1.807, 2.05) is 116 Å². The van der Waals surface area contributed by atoms with Gasteiger partial charge in [-0.15, -0.1) is 0 Å². The minimum atomic E-state index is 0.250. The lowest BCUT2D eigenvalue weighted by atomic mass is 10.0. The molecule has 0 aliphatic heterocycles. The summed E-state index contributed by atoms with van der Waals surface area (Å²) >= 11 is 0. The van der Waals surface area contributed by atoms with E-state index < -0.39 is 0 Å². The molecule has 6 N–H and O–H groups in total. The van der Waals surface area contributed by atoms with Crippen molar-refractivity contribution in [3.8, 4) is 23.0 Å². The molecule has 93 heavy (non-hydrogen) atoms. The normalized spacial score (nSPS) is 10.7. The van der Waals surface area contributed by atoms with Gasteiger partial charge in [-0.05, 0) is 152 Å². The number of carbonyl (C=O) groups is 1. The van der Waals surface area contributed by atoms with E-state index in [4.69, 9.17) is 20.9 Å². The predicted molar refractivity (Wildman–Crippen MR) is 385 cm³/mol. The molecule has 9 nitrogen and oxygen atoms in total. The summed E-state index contributed by atoms with van der Waals surface area (Å²) in [5.41, 5.74) is 24.4. The Morgan fingerprint density at radius 3 is 1.24 bits per heavy atom. The molecule has 460 valence electrons. The minimum Gasteiger partial charge on any atom is -0.508 e. The van der Waals surface area contributed by atoms with Crippen molar-refractivity contribution < 1.29 is 24.5 Å². The highest BCUT2D eigenvalue weighted by atomic mass is 16.5. The maximum absolute atomic E-state index is 11.8. The number of anilines is 4. The smallest absolute Gasteiger partial charge is 0.150 e. The van der Waals surface area contributed by atoms with E-state index in [0.29, 0.717) is 30.2 Å². The molecule has 0 atom stereocenters. The summed E-state index contributed by atoms with van der Waals surface area (Å²) in [6.45, 7) is 6.26. The van der Waals surface area contributed by atoms with Crippen molar-refractivity contribution >= 4 is 72.1 Å². The first kappa shape index (κ1) is 62.8. The molecule has 0 saturated carbocycles. The fourth-order valence-electron chi connectivity index (χ4n) is 11.3. The molecule has 9 heteroatoms. The van der Waals surface area contributed by atoms with E-state index in [2.05, 4.69) is 192 Å². The first-order chi connectivity index (χ1) is 45.6. The third-order valence-corrected chi connectivity index (χ3v) is 16.2. The van der Waals surface area contributed by atoms with Gasteiger partial charge in [-0.2, -0.15) is 0 Å². The maximum atomic E-state index is 11.8. The number of hydrogen-bond acceptors (Lipinski definition) is 9. The standard InChI is InChI=1S/C32H27NO2.C31H27NO.C11H11NO.C10H9NO/c34-23-28-16-19-32(31-20-29(17-18-30(28)31)35-24-27-14-8-3-9-15-27)33(21-25-10-4-1-5-11-25)22-26-12-6-2-7-13-26;1-4-11-25(12-5-1)22-32(23-26-13-6-2-7-14-26)31-18-10-17-28-19-20-29(21-30(28)31)33-24-27-15-8-3-9-16-27;1-7-2-5-11(12)10-6-8(13)3-4-9(7)10;11-10-3-1-2-7-4-5-8(12)6-9(7)10/h1-20,23H,21-22,24H2;1-21H,22-24H2;2-6,13H,12H2,1H3;1-6,12H,11H2. The number of nitrogen functional groups attached to an aromatic ring is 2. The SMILES string of the molecule is Cc1ccc(N)c2cc(O)ccc12.Nc1cccc2ccc(O)cc12.O=Cc1ccc(N(Cc2ccccc2)Cc2ccccc2)c2cc(OCc3ccccc3)ccc12.c1ccc(COc2ccc3cccc(N(Cc4ccccc4)Cc4ccccc4)c3c2)cc1. The van der Waals surface area contributed by atoms with Gasteiger partial charge in [0.1, 0.15) is 36.2 Å². The van der Waals surface area contributed by atoms with Crippen LogP contribution in [-0.4, -0.2) is 16.5 Å². The van der Waals surface area contributed by atoms with Crippen LogP contribution in [0, 0.1) is 6.92 Å². The molecule has 0 heterocycles. The number of phenols is 2. The van der Waals surface area contributed by atoms with E-state index >= 15 is 0 Å². The quantitative estimate of drug-likeness (QED) is 0.0519. The summed E-state index contributed by atoms with van der Waals surface area (Å²) in [5.74, 6) is 2.17. The number of aromatic hydroxyl groups is 2. The first-order valence-electron chi connectivity index (χ1n) is 31.1. The molecule has 0 spiro atoms. The number of benzene rings is 14. The molecule has 14 aromatic rings. The molecule has 0 aliphatic rings. The van der Waals surface area contributed by atoms with Crippen molar-refractivity contribution in [3.05, 3.63) is 360 Å². The maximum Gasteiger partial charge on any atom is 0.150 e. The summed E-state index contributed by atoms with van der Waals surface area (Å²) in [6, 6.07) is 106. The molecular weight excluding hydrogens is 1140 g/mol. The Morgan fingerprint density at radius 1 is 0.333 bits per heavy atom. The van der Waals surface area contributed by atoms with Crippen molar-refractivity contribution in [2.24, 2.45) is 0 Å². The van der Waals surface area contributed by atoms with Crippen LogP contribution in [-0.2, 0) is 39.4 Å². The number of phenolic OH excluding ortho intramolecular Hbond substituents is 2. The number of rotatable bonds is 17. The fourth-order valence-corrected chi connectivity index (χ4v) is 11.3. The largest absolute Gasteiger partial charge is 0.508 e. The van der Waals surface area contributed by atoms with Crippen LogP contribution >= 0.6 is 0 Å². The van der Waals surface area contributed by atoms with Crippen LogP contribution in [0.4, 0.5) is 22.7 Å². The second kappa shape index (κ2) is 31.1. The summed E-state index contributed by atoms with van der Waals surface area (Å²) in [5, 5.41) is 26.8. The van der Waals surface area contributed by atoms with E-state index in [1.165, 1.54) is 49.8 Å². The number of ether oxygens (including phenoxy) is 2. The van der Waals surface area contributed by atoms with Gasteiger partial charge in [0.05, 0.1) is 0 Å². The van der Waals surface area contributed by atoms with Crippen LogP contribution in [0.3, 0.4) is 0 Å². The Kier molecular flexibility index (Phi) is 21.0. The topological polar surface area (TPSA) is 135 Å². The molecular formula is C84H74N4O5. The van der Waals surface area contributed by atoms with E-state index in [1.54, 1.807) is 24.3 Å². The number of nitrogens with zero attached hydrogens (tertiary/aromatic N) is 2. The van der Waals surface area contributed by atoms with Gasteiger partial charge >= 0.3 is 0 Å². The van der Waals surface area contributed by atoms with Crippen molar-refractivity contribution in [1.29, 1.82) is 0 Å². The van der Waals surface area contributed by atoms with Crippen molar-refractivity contribution in [2.45, 2.75) is 46.3 Å². The van der Waals surface area contributed by atoms with Gasteiger partial charge in [0, 0.05) is 76.0 Å². The predicted octanol–water partition coefficient (Wildman–Crippen LogP) is 19.6. The number of carbonyl (C=O) groups excluding carboxylic acids is 1. The van der Waals surface area contributed by atoms with E-state index in [-0.39, 0.29) is 11.5 Å². The van der Waals surface area contributed by atoms with Crippen LogP contribution in [0.5, 0.6) is 23.0 Å². The van der Waals surface area contributed by atoms with Gasteiger partial charge < -0.3 is 41.0 Å². The van der Waals surface area contributed by atoms with Gasteiger partial charge in [-0.1, -0.05) is 231 Å². The summed E-state index contributed by atoms with van der Waals surface area (Å²) in [6.07, 6.45) is 0.926. The molecule has 14 rings (SSSR count). The van der Waals surface area contributed by atoms with Crippen LogP contribution < -0.4 is 30.7 Å². The molecule has 0 unspecified atom stereocenters. The molecule has 0 aromatic heterocycles. The van der Waals surface area contributed by atoms with Crippen LogP contribution in [0.1, 0.15) is 49.3 Å². The van der Waals surface area contributed by atoms with Crippen molar-refractivity contribution in [2.75, 3.05) is 21.3 Å². The monoisotopic (exact) mass is 1220 g/mol. The highest BCUT2D eigenvalue weighted by molar-refractivity contribution is 6.05. The lowest BCUT2D eigenvalue weighted by Gasteiger charge is -2.27. The summed E-state index contributed by atoms with van der Waals surface area (Å²) in [4.78, 5) is 16.7. The molecule has 0 amide bonds.